The third-order valence-corrected chi connectivity index (χ3v) is 4.09. The molecule has 0 aliphatic rings. The molecule has 1 aromatic carbocycles. The molecule has 3 aromatic rings. The number of hydrogen-bond acceptors (Lipinski definition) is 3. The summed E-state index contributed by atoms with van der Waals surface area (Å²) in [5.41, 5.74) is 3.62. The van der Waals surface area contributed by atoms with Gasteiger partial charge in [-0.1, -0.05) is 30.3 Å². The first-order valence-electron chi connectivity index (χ1n) is 7.98. The predicted octanol–water partition coefficient (Wildman–Crippen LogP) is 3.21. The van der Waals surface area contributed by atoms with Crippen LogP contribution in [0.5, 0.6) is 0 Å². The van der Waals surface area contributed by atoms with E-state index in [0.717, 1.165) is 17.7 Å². The van der Waals surface area contributed by atoms with Crippen molar-refractivity contribution in [1.82, 2.24) is 14.7 Å². The van der Waals surface area contributed by atoms with Crippen LogP contribution >= 0.6 is 0 Å². The first-order valence-corrected chi connectivity index (χ1v) is 7.98. The summed E-state index contributed by atoms with van der Waals surface area (Å²) >= 11 is 0. The number of nitrogens with zero attached hydrogens (tertiary/aromatic N) is 3. The van der Waals surface area contributed by atoms with E-state index in [-0.39, 0.29) is 5.91 Å². The molecule has 5 nitrogen and oxygen atoms in total. The maximum absolute atomic E-state index is 12.9. The molecule has 0 atom stereocenters. The number of carbonyl (C=O) groups excluding carboxylic acids is 1. The highest BCUT2D eigenvalue weighted by molar-refractivity contribution is 5.92. The number of rotatable bonds is 6. The molecule has 0 saturated carbocycles. The molecule has 24 heavy (non-hydrogen) atoms. The molecule has 0 radical (unpaired) electrons. The van der Waals surface area contributed by atoms with Gasteiger partial charge < -0.3 is 9.32 Å². The van der Waals surface area contributed by atoms with Gasteiger partial charge in [-0.25, -0.2) is 0 Å². The van der Waals surface area contributed by atoms with Crippen molar-refractivity contribution in [2.75, 3.05) is 6.54 Å². The molecule has 0 fully saturated rings. The van der Waals surface area contributed by atoms with Crippen molar-refractivity contribution in [1.29, 1.82) is 0 Å². The SMILES string of the molecule is Cc1cc(C(=O)N(CCc2ccccc2)Cc2ccoc2)nn1C. The first-order chi connectivity index (χ1) is 11.6. The van der Waals surface area contributed by atoms with Gasteiger partial charge in [0.25, 0.3) is 5.91 Å². The van der Waals surface area contributed by atoms with Gasteiger partial charge in [0.1, 0.15) is 0 Å². The van der Waals surface area contributed by atoms with Gasteiger partial charge in [0.05, 0.1) is 12.5 Å². The van der Waals surface area contributed by atoms with Crippen LogP contribution in [0.4, 0.5) is 0 Å². The second-order valence-electron chi connectivity index (χ2n) is 5.89. The average molecular weight is 323 g/mol. The lowest BCUT2D eigenvalue weighted by atomic mass is 10.1. The number of benzene rings is 1. The third-order valence-electron chi connectivity index (χ3n) is 4.09. The summed E-state index contributed by atoms with van der Waals surface area (Å²) in [7, 11) is 1.84. The van der Waals surface area contributed by atoms with Crippen molar-refractivity contribution in [3.8, 4) is 0 Å². The second-order valence-corrected chi connectivity index (χ2v) is 5.89. The Balaban J connectivity index is 1.77. The summed E-state index contributed by atoms with van der Waals surface area (Å²) in [5, 5.41) is 4.32. The molecule has 3 rings (SSSR count). The highest BCUT2D eigenvalue weighted by Crippen LogP contribution is 2.12. The largest absolute Gasteiger partial charge is 0.472 e. The highest BCUT2D eigenvalue weighted by atomic mass is 16.3. The van der Waals surface area contributed by atoms with E-state index in [0.29, 0.717) is 18.8 Å². The number of furan rings is 1. The van der Waals surface area contributed by atoms with Crippen LogP contribution in [0.25, 0.3) is 0 Å². The Morgan fingerprint density at radius 3 is 2.62 bits per heavy atom. The third kappa shape index (κ3) is 3.74. The molecule has 2 aromatic heterocycles. The van der Waals surface area contributed by atoms with Crippen LogP contribution in [0, 0.1) is 6.92 Å². The Morgan fingerprint density at radius 2 is 2.00 bits per heavy atom. The maximum atomic E-state index is 12.9. The van der Waals surface area contributed by atoms with E-state index < -0.39 is 0 Å². The number of carbonyl (C=O) groups is 1. The number of amides is 1. The van der Waals surface area contributed by atoms with Gasteiger partial charge in [0.15, 0.2) is 5.69 Å². The van der Waals surface area contributed by atoms with Gasteiger partial charge in [-0.3, -0.25) is 9.48 Å². The minimum absolute atomic E-state index is 0.0594. The fraction of sp³-hybridized carbons (Fsp3) is 0.263. The fourth-order valence-electron chi connectivity index (χ4n) is 2.59. The summed E-state index contributed by atoms with van der Waals surface area (Å²) in [5.74, 6) is -0.0594. The predicted molar refractivity (Wildman–Crippen MR) is 91.5 cm³/mol. The molecule has 0 aliphatic heterocycles. The van der Waals surface area contributed by atoms with Crippen LogP contribution in [0.2, 0.25) is 0 Å². The van der Waals surface area contributed by atoms with Gasteiger partial charge in [-0.05, 0) is 31.0 Å². The van der Waals surface area contributed by atoms with Crippen LogP contribution < -0.4 is 0 Å². The minimum atomic E-state index is -0.0594. The Bertz CT molecular complexity index is 772. The van der Waals surface area contributed by atoms with Gasteiger partial charge in [-0.15, -0.1) is 0 Å². The van der Waals surface area contributed by atoms with Crippen molar-refractivity contribution in [2.45, 2.75) is 19.9 Å². The summed E-state index contributed by atoms with van der Waals surface area (Å²) in [6, 6.07) is 13.9. The Labute approximate surface area is 141 Å². The van der Waals surface area contributed by atoms with Crippen LogP contribution in [-0.4, -0.2) is 27.1 Å². The zero-order valence-corrected chi connectivity index (χ0v) is 14.0. The van der Waals surface area contributed by atoms with Crippen LogP contribution in [0.1, 0.15) is 27.3 Å². The van der Waals surface area contributed by atoms with Crippen LogP contribution in [-0.2, 0) is 20.0 Å². The zero-order valence-electron chi connectivity index (χ0n) is 14.0. The molecule has 0 saturated heterocycles. The van der Waals surface area contributed by atoms with Crippen molar-refractivity contribution < 1.29 is 9.21 Å². The first kappa shape index (κ1) is 16.1. The summed E-state index contributed by atoms with van der Waals surface area (Å²) < 4.78 is 6.85. The summed E-state index contributed by atoms with van der Waals surface area (Å²) in [6.45, 7) is 3.08. The van der Waals surface area contributed by atoms with Crippen molar-refractivity contribution in [2.24, 2.45) is 7.05 Å². The number of aryl methyl sites for hydroxylation is 2. The zero-order chi connectivity index (χ0) is 16.9. The molecule has 0 spiro atoms. The Morgan fingerprint density at radius 1 is 1.21 bits per heavy atom. The maximum Gasteiger partial charge on any atom is 0.274 e. The molecule has 0 unspecified atom stereocenters. The number of aromatic nitrogens is 2. The molecule has 1 amide bonds. The van der Waals surface area contributed by atoms with E-state index in [1.165, 1.54) is 5.56 Å². The molecule has 5 heteroatoms. The minimum Gasteiger partial charge on any atom is -0.472 e. The van der Waals surface area contributed by atoms with E-state index in [1.54, 1.807) is 17.2 Å². The van der Waals surface area contributed by atoms with E-state index >= 15 is 0 Å². The quantitative estimate of drug-likeness (QED) is 0.700. The van der Waals surface area contributed by atoms with Gasteiger partial charge in [0, 0.05) is 31.4 Å². The lowest BCUT2D eigenvalue weighted by Gasteiger charge is -2.21. The van der Waals surface area contributed by atoms with Gasteiger partial charge in [0.2, 0.25) is 0 Å². The molecule has 0 N–H and O–H groups in total. The van der Waals surface area contributed by atoms with Crippen LogP contribution in [0.3, 0.4) is 0 Å². The van der Waals surface area contributed by atoms with Crippen LogP contribution in [0.15, 0.2) is 59.4 Å². The molecule has 0 aliphatic carbocycles. The molecule has 2 heterocycles. The molecule has 0 bridgehead atoms. The second kappa shape index (κ2) is 7.17. The summed E-state index contributed by atoms with van der Waals surface area (Å²) in [4.78, 5) is 14.7. The lowest BCUT2D eigenvalue weighted by Crippen LogP contribution is -2.32. The van der Waals surface area contributed by atoms with E-state index in [9.17, 15) is 4.79 Å². The Kier molecular flexibility index (Phi) is 4.79. The topological polar surface area (TPSA) is 51.3 Å². The molecule has 124 valence electrons. The van der Waals surface area contributed by atoms with Crippen molar-refractivity contribution in [3.05, 3.63) is 77.5 Å². The number of hydrogen-bond donors (Lipinski definition) is 0. The van der Waals surface area contributed by atoms with Crippen molar-refractivity contribution >= 4 is 5.91 Å². The smallest absolute Gasteiger partial charge is 0.274 e. The van der Waals surface area contributed by atoms with Gasteiger partial charge in [-0.2, -0.15) is 5.10 Å². The van der Waals surface area contributed by atoms with Gasteiger partial charge >= 0.3 is 0 Å². The van der Waals surface area contributed by atoms with Crippen molar-refractivity contribution in [3.63, 3.8) is 0 Å². The monoisotopic (exact) mass is 323 g/mol. The molecular weight excluding hydrogens is 302 g/mol. The Hall–Kier alpha value is -2.82. The summed E-state index contributed by atoms with van der Waals surface area (Å²) in [6.07, 6.45) is 4.10. The lowest BCUT2D eigenvalue weighted by molar-refractivity contribution is 0.0738. The highest BCUT2D eigenvalue weighted by Gasteiger charge is 2.19. The van der Waals surface area contributed by atoms with E-state index in [2.05, 4.69) is 17.2 Å². The normalized spacial score (nSPS) is 10.8. The van der Waals surface area contributed by atoms with E-state index in [1.807, 2.05) is 49.2 Å². The molecular formula is C19H21N3O2. The average Bonchev–Trinajstić information content (AvgIpc) is 3.22. The standard InChI is InChI=1S/C19H21N3O2/c1-15-12-18(20-21(15)2)19(23)22(13-17-9-11-24-14-17)10-8-16-6-4-3-5-7-16/h3-7,9,11-12,14H,8,10,13H2,1-2H3. The fourth-order valence-corrected chi connectivity index (χ4v) is 2.59. The van der Waals surface area contributed by atoms with E-state index in [4.69, 9.17) is 4.42 Å².